The maximum Gasteiger partial charge on any atom is -0.00204 e. The molecule has 0 aromatic carbocycles. The van der Waals surface area contributed by atoms with Crippen LogP contribution in [0.15, 0.2) is 12.2 Å². The molecule has 0 aromatic heterocycles. The largest absolute Gasteiger partial charge is 0.319 e. The summed E-state index contributed by atoms with van der Waals surface area (Å²) in [5.74, 6) is 0.903. The third-order valence-corrected chi connectivity index (χ3v) is 1.87. The molecule has 1 nitrogen and oxygen atoms in total. The molecule has 1 N–H and O–H groups in total. The minimum Gasteiger partial charge on any atom is -0.319 e. The Morgan fingerprint density at radius 2 is 2.30 bits per heavy atom. The molecule has 1 aliphatic carbocycles. The SMILES string of the molecule is CNC[C@@H]1CC=CCC1.Cl. The molecule has 1 atom stereocenters. The Balaban J connectivity index is 0.000000810. The van der Waals surface area contributed by atoms with Crippen LogP contribution in [0.1, 0.15) is 19.3 Å². The van der Waals surface area contributed by atoms with Crippen molar-refractivity contribution in [3.8, 4) is 0 Å². The zero-order valence-electron chi connectivity index (χ0n) is 6.47. The monoisotopic (exact) mass is 161 g/mol. The minimum atomic E-state index is 0. The number of hydrogen-bond acceptors (Lipinski definition) is 1. The Kier molecular flexibility index (Phi) is 5.74. The minimum absolute atomic E-state index is 0. The molecule has 0 radical (unpaired) electrons. The van der Waals surface area contributed by atoms with Crippen LogP contribution in [0, 0.1) is 5.92 Å². The number of halogens is 1. The first-order chi connectivity index (χ1) is 4.43. The second-order valence-electron chi connectivity index (χ2n) is 2.71. The molecule has 60 valence electrons. The van der Waals surface area contributed by atoms with Crippen LogP contribution < -0.4 is 5.32 Å². The van der Waals surface area contributed by atoms with Crippen LogP contribution in [-0.2, 0) is 0 Å². The lowest BCUT2D eigenvalue weighted by molar-refractivity contribution is 0.459. The van der Waals surface area contributed by atoms with E-state index in [4.69, 9.17) is 0 Å². The smallest absolute Gasteiger partial charge is 0.00204 e. The van der Waals surface area contributed by atoms with E-state index in [0.717, 1.165) is 5.92 Å². The molecule has 0 bridgehead atoms. The topological polar surface area (TPSA) is 12.0 Å². The molecular weight excluding hydrogens is 146 g/mol. The fourth-order valence-corrected chi connectivity index (χ4v) is 1.33. The highest BCUT2D eigenvalue weighted by Gasteiger charge is 2.06. The van der Waals surface area contributed by atoms with Crippen molar-refractivity contribution in [3.63, 3.8) is 0 Å². The van der Waals surface area contributed by atoms with E-state index < -0.39 is 0 Å². The van der Waals surface area contributed by atoms with E-state index in [1.54, 1.807) is 0 Å². The summed E-state index contributed by atoms with van der Waals surface area (Å²) in [7, 11) is 2.03. The first-order valence-electron chi connectivity index (χ1n) is 3.73. The highest BCUT2D eigenvalue weighted by molar-refractivity contribution is 5.85. The lowest BCUT2D eigenvalue weighted by Gasteiger charge is -2.16. The summed E-state index contributed by atoms with van der Waals surface area (Å²) in [5, 5.41) is 3.20. The van der Waals surface area contributed by atoms with Gasteiger partial charge in [-0.15, -0.1) is 12.4 Å². The van der Waals surface area contributed by atoms with E-state index >= 15 is 0 Å². The zero-order valence-corrected chi connectivity index (χ0v) is 7.29. The molecular formula is C8H16ClN. The Morgan fingerprint density at radius 3 is 2.80 bits per heavy atom. The fraction of sp³-hybridized carbons (Fsp3) is 0.750. The van der Waals surface area contributed by atoms with Crippen molar-refractivity contribution in [2.75, 3.05) is 13.6 Å². The van der Waals surface area contributed by atoms with Gasteiger partial charge in [0.1, 0.15) is 0 Å². The van der Waals surface area contributed by atoms with Crippen LogP contribution in [-0.4, -0.2) is 13.6 Å². The highest BCUT2D eigenvalue weighted by atomic mass is 35.5. The summed E-state index contributed by atoms with van der Waals surface area (Å²) in [6.07, 6.45) is 8.52. The molecule has 0 aliphatic heterocycles. The van der Waals surface area contributed by atoms with Gasteiger partial charge >= 0.3 is 0 Å². The predicted molar refractivity (Wildman–Crippen MR) is 47.7 cm³/mol. The van der Waals surface area contributed by atoms with Crippen molar-refractivity contribution in [1.82, 2.24) is 5.32 Å². The van der Waals surface area contributed by atoms with Crippen LogP contribution in [0.4, 0.5) is 0 Å². The van der Waals surface area contributed by atoms with Gasteiger partial charge in [0.15, 0.2) is 0 Å². The fourth-order valence-electron chi connectivity index (χ4n) is 1.33. The van der Waals surface area contributed by atoms with Gasteiger partial charge in [-0.25, -0.2) is 0 Å². The van der Waals surface area contributed by atoms with Gasteiger partial charge in [0.05, 0.1) is 0 Å². The van der Waals surface area contributed by atoms with Crippen LogP contribution in [0.3, 0.4) is 0 Å². The summed E-state index contributed by atoms with van der Waals surface area (Å²) >= 11 is 0. The van der Waals surface area contributed by atoms with Gasteiger partial charge in [0.25, 0.3) is 0 Å². The second kappa shape index (κ2) is 5.75. The molecule has 0 aromatic rings. The second-order valence-corrected chi connectivity index (χ2v) is 2.71. The van der Waals surface area contributed by atoms with Crippen LogP contribution in [0.2, 0.25) is 0 Å². The van der Waals surface area contributed by atoms with Gasteiger partial charge in [-0.1, -0.05) is 12.2 Å². The van der Waals surface area contributed by atoms with Crippen molar-refractivity contribution in [2.24, 2.45) is 5.92 Å². The van der Waals surface area contributed by atoms with Gasteiger partial charge in [-0.3, -0.25) is 0 Å². The molecule has 2 heteroatoms. The third-order valence-electron chi connectivity index (χ3n) is 1.87. The zero-order chi connectivity index (χ0) is 6.53. The average molecular weight is 162 g/mol. The first-order valence-corrected chi connectivity index (χ1v) is 3.73. The maximum atomic E-state index is 3.20. The Bertz CT molecular complexity index is 101. The van der Waals surface area contributed by atoms with E-state index in [1.165, 1.54) is 25.8 Å². The van der Waals surface area contributed by atoms with Crippen molar-refractivity contribution < 1.29 is 0 Å². The van der Waals surface area contributed by atoms with Gasteiger partial charge in [0.2, 0.25) is 0 Å². The van der Waals surface area contributed by atoms with Gasteiger partial charge in [-0.2, -0.15) is 0 Å². The third kappa shape index (κ3) is 3.23. The van der Waals surface area contributed by atoms with Crippen LogP contribution in [0.5, 0.6) is 0 Å². The number of nitrogens with one attached hydrogen (secondary N) is 1. The molecule has 0 saturated heterocycles. The molecule has 1 aliphatic rings. The van der Waals surface area contributed by atoms with E-state index in [2.05, 4.69) is 17.5 Å². The standard InChI is InChI=1S/C8H15N.ClH/c1-9-7-8-5-3-2-4-6-8;/h2-3,8-9H,4-7H2,1H3;1H/t8-;/m1./s1. The summed E-state index contributed by atoms with van der Waals surface area (Å²) in [4.78, 5) is 0. The molecule has 0 spiro atoms. The molecule has 0 saturated carbocycles. The van der Waals surface area contributed by atoms with Gasteiger partial charge in [0, 0.05) is 0 Å². The first kappa shape index (κ1) is 9.99. The van der Waals surface area contributed by atoms with E-state index in [1.807, 2.05) is 7.05 Å². The molecule has 0 amide bonds. The van der Waals surface area contributed by atoms with Crippen molar-refractivity contribution in [3.05, 3.63) is 12.2 Å². The molecule has 1 rings (SSSR count). The Hall–Kier alpha value is -0.0100. The van der Waals surface area contributed by atoms with E-state index in [9.17, 15) is 0 Å². The van der Waals surface area contributed by atoms with Crippen molar-refractivity contribution in [1.29, 1.82) is 0 Å². The van der Waals surface area contributed by atoms with Crippen LogP contribution >= 0.6 is 12.4 Å². The number of rotatable bonds is 2. The Labute approximate surface area is 69.3 Å². The van der Waals surface area contributed by atoms with Gasteiger partial charge in [-0.05, 0) is 38.8 Å². The highest BCUT2D eigenvalue weighted by Crippen LogP contribution is 2.16. The summed E-state index contributed by atoms with van der Waals surface area (Å²) in [5.41, 5.74) is 0. The van der Waals surface area contributed by atoms with E-state index in [-0.39, 0.29) is 12.4 Å². The Morgan fingerprint density at radius 1 is 1.50 bits per heavy atom. The molecule has 10 heavy (non-hydrogen) atoms. The summed E-state index contributed by atoms with van der Waals surface area (Å²) < 4.78 is 0. The number of hydrogen-bond donors (Lipinski definition) is 1. The number of allylic oxidation sites excluding steroid dienone is 2. The molecule has 0 fully saturated rings. The van der Waals surface area contributed by atoms with Crippen molar-refractivity contribution >= 4 is 12.4 Å². The maximum absolute atomic E-state index is 3.20. The quantitative estimate of drug-likeness (QED) is 0.611. The summed E-state index contributed by atoms with van der Waals surface area (Å²) in [6.45, 7) is 1.18. The van der Waals surface area contributed by atoms with E-state index in [0.29, 0.717) is 0 Å². The van der Waals surface area contributed by atoms with Gasteiger partial charge < -0.3 is 5.32 Å². The molecule has 0 unspecified atom stereocenters. The molecule has 0 heterocycles. The average Bonchev–Trinajstić information content (AvgIpc) is 1.91. The van der Waals surface area contributed by atoms with Crippen LogP contribution in [0.25, 0.3) is 0 Å². The summed E-state index contributed by atoms with van der Waals surface area (Å²) in [6, 6.07) is 0. The lowest BCUT2D eigenvalue weighted by Crippen LogP contribution is -2.19. The lowest BCUT2D eigenvalue weighted by atomic mass is 9.95. The normalized spacial score (nSPS) is 23.9. The van der Waals surface area contributed by atoms with Crippen molar-refractivity contribution in [2.45, 2.75) is 19.3 Å². The predicted octanol–water partition coefficient (Wildman–Crippen LogP) is 1.98.